The molecule has 0 aromatic heterocycles. The van der Waals surface area contributed by atoms with Gasteiger partial charge in [0.2, 0.25) is 0 Å². The Hall–Kier alpha value is -4.80. The Morgan fingerprint density at radius 2 is 1.20 bits per heavy atom. The van der Waals surface area contributed by atoms with E-state index in [9.17, 15) is 20.2 Å². The molecule has 3 N–H and O–H groups in total. The minimum Gasteiger partial charge on any atom is -0.496 e. The van der Waals surface area contributed by atoms with E-state index in [1.807, 2.05) is 48.5 Å². The first-order valence-corrected chi connectivity index (χ1v) is 12.9. The fourth-order valence-corrected chi connectivity index (χ4v) is 4.11. The molecule has 4 aromatic rings. The maximum absolute atomic E-state index is 11.0. The number of hydrogen-bond acceptors (Lipinski definition) is 8. The fraction of sp³-hybridized carbons (Fsp3) is 0.226. The fourth-order valence-electron chi connectivity index (χ4n) is 4.11. The standard InChI is InChI=1S/C17H20N2O3.C14H14N2O3/c1-12(2)18-11-13-5-4-6-14(9-13)16-10-15(19(20)21)7-8-17(16)22-3;1-19-14-6-5-12(16(17)18)8-13(14)11-4-2-3-10(7-11)9-15/h4-10,12,18H,11H2,1-3H3;2-8H,9,15H2,1H3. The molecule has 0 radical (unpaired) electrons. The topological polar surface area (TPSA) is 143 Å². The molecule has 0 amide bonds. The summed E-state index contributed by atoms with van der Waals surface area (Å²) in [4.78, 5) is 21.0. The molecule has 0 aliphatic carbocycles. The zero-order chi connectivity index (χ0) is 29.9. The van der Waals surface area contributed by atoms with Gasteiger partial charge in [-0.25, -0.2) is 0 Å². The van der Waals surface area contributed by atoms with Gasteiger partial charge < -0.3 is 20.5 Å². The summed E-state index contributed by atoms with van der Waals surface area (Å²) in [5.74, 6) is 1.22. The SMILES string of the molecule is COc1ccc([N+](=O)[O-])cc1-c1cccc(CN)c1.COc1ccc([N+](=O)[O-])cc1-c1cccc(CNC(C)C)c1. The maximum Gasteiger partial charge on any atom is 0.270 e. The van der Waals surface area contributed by atoms with E-state index in [0.29, 0.717) is 29.6 Å². The highest BCUT2D eigenvalue weighted by Crippen LogP contribution is 2.34. The van der Waals surface area contributed by atoms with Gasteiger partial charge >= 0.3 is 0 Å². The molecule has 0 aliphatic rings. The van der Waals surface area contributed by atoms with Crippen LogP contribution in [0.4, 0.5) is 11.4 Å². The second-order valence-electron chi connectivity index (χ2n) is 9.42. The third-order valence-corrected chi connectivity index (χ3v) is 6.21. The lowest BCUT2D eigenvalue weighted by Crippen LogP contribution is -2.21. The lowest BCUT2D eigenvalue weighted by atomic mass is 10.0. The molecular formula is C31H34N4O6. The Labute approximate surface area is 239 Å². The average Bonchev–Trinajstić information content (AvgIpc) is 2.99. The summed E-state index contributed by atoms with van der Waals surface area (Å²) in [5, 5.41) is 25.2. The number of nitro benzene ring substituents is 2. The van der Waals surface area contributed by atoms with Crippen LogP contribution in [0.5, 0.6) is 11.5 Å². The van der Waals surface area contributed by atoms with Crippen LogP contribution in [0.25, 0.3) is 22.3 Å². The highest BCUT2D eigenvalue weighted by molar-refractivity contribution is 5.74. The number of hydrogen-bond donors (Lipinski definition) is 2. The number of nitrogens with zero attached hydrogens (tertiary/aromatic N) is 2. The van der Waals surface area contributed by atoms with E-state index in [1.165, 1.54) is 25.3 Å². The molecule has 0 unspecified atom stereocenters. The number of nitrogens with one attached hydrogen (secondary N) is 1. The summed E-state index contributed by atoms with van der Waals surface area (Å²) in [5.41, 5.74) is 11.0. The van der Waals surface area contributed by atoms with E-state index in [0.717, 1.165) is 34.4 Å². The van der Waals surface area contributed by atoms with E-state index in [1.54, 1.807) is 25.3 Å². The van der Waals surface area contributed by atoms with Crippen LogP contribution >= 0.6 is 0 Å². The molecule has 0 aliphatic heterocycles. The molecule has 0 spiro atoms. The van der Waals surface area contributed by atoms with Gasteiger partial charge in [-0.05, 0) is 46.5 Å². The molecule has 0 fully saturated rings. The van der Waals surface area contributed by atoms with Crippen LogP contribution < -0.4 is 20.5 Å². The normalized spacial score (nSPS) is 10.5. The Balaban J connectivity index is 0.000000228. The van der Waals surface area contributed by atoms with Gasteiger partial charge in [0.05, 0.1) is 24.1 Å². The minimum atomic E-state index is -0.421. The predicted octanol–water partition coefficient (Wildman–Crippen LogP) is 6.50. The summed E-state index contributed by atoms with van der Waals surface area (Å²) in [6, 6.07) is 25.1. The van der Waals surface area contributed by atoms with Gasteiger partial charge in [0, 0.05) is 54.5 Å². The van der Waals surface area contributed by atoms with Crippen molar-refractivity contribution in [2.75, 3.05) is 14.2 Å². The lowest BCUT2D eigenvalue weighted by Gasteiger charge is -2.11. The van der Waals surface area contributed by atoms with Gasteiger partial charge in [0.1, 0.15) is 11.5 Å². The van der Waals surface area contributed by atoms with Gasteiger partial charge in [-0.1, -0.05) is 50.2 Å². The van der Waals surface area contributed by atoms with E-state index in [4.69, 9.17) is 15.2 Å². The van der Waals surface area contributed by atoms with Crippen LogP contribution in [0, 0.1) is 20.2 Å². The molecule has 214 valence electrons. The first-order valence-electron chi connectivity index (χ1n) is 12.9. The summed E-state index contributed by atoms with van der Waals surface area (Å²) in [6.45, 7) is 5.36. The van der Waals surface area contributed by atoms with Crippen molar-refractivity contribution in [3.05, 3.63) is 116 Å². The number of rotatable bonds is 10. The smallest absolute Gasteiger partial charge is 0.270 e. The molecule has 0 saturated heterocycles. The third kappa shape index (κ3) is 8.34. The van der Waals surface area contributed by atoms with Crippen LogP contribution in [0.1, 0.15) is 25.0 Å². The lowest BCUT2D eigenvalue weighted by molar-refractivity contribution is -0.385. The Kier molecular flexibility index (Phi) is 10.9. The van der Waals surface area contributed by atoms with E-state index in [2.05, 4.69) is 19.2 Å². The Morgan fingerprint density at radius 1 is 0.732 bits per heavy atom. The number of non-ortho nitro benzene ring substituents is 2. The van der Waals surface area contributed by atoms with Crippen LogP contribution in [0.2, 0.25) is 0 Å². The van der Waals surface area contributed by atoms with Gasteiger partial charge in [-0.15, -0.1) is 0 Å². The summed E-state index contributed by atoms with van der Waals surface area (Å²) >= 11 is 0. The van der Waals surface area contributed by atoms with Gasteiger partial charge in [-0.3, -0.25) is 20.2 Å². The average molecular weight is 559 g/mol. The van der Waals surface area contributed by atoms with Crippen molar-refractivity contribution in [2.24, 2.45) is 5.73 Å². The van der Waals surface area contributed by atoms with Crippen molar-refractivity contribution in [1.82, 2.24) is 5.32 Å². The number of methoxy groups -OCH3 is 2. The Morgan fingerprint density at radius 3 is 1.61 bits per heavy atom. The van der Waals surface area contributed by atoms with Crippen LogP contribution in [0.3, 0.4) is 0 Å². The van der Waals surface area contributed by atoms with Crippen molar-refractivity contribution in [2.45, 2.75) is 33.0 Å². The monoisotopic (exact) mass is 558 g/mol. The molecule has 4 aromatic carbocycles. The highest BCUT2D eigenvalue weighted by atomic mass is 16.6. The second kappa shape index (κ2) is 14.5. The summed E-state index contributed by atoms with van der Waals surface area (Å²) in [7, 11) is 3.10. The quantitative estimate of drug-likeness (QED) is 0.166. The maximum atomic E-state index is 11.0. The number of nitrogens with two attached hydrogens (primary N) is 1. The molecule has 4 rings (SSSR count). The minimum absolute atomic E-state index is 0.0361. The Bertz CT molecular complexity index is 1510. The van der Waals surface area contributed by atoms with Crippen molar-refractivity contribution >= 4 is 11.4 Å². The van der Waals surface area contributed by atoms with Gasteiger partial charge in [0.15, 0.2) is 0 Å². The number of nitro groups is 2. The van der Waals surface area contributed by atoms with Crippen LogP contribution in [-0.4, -0.2) is 30.1 Å². The summed E-state index contributed by atoms with van der Waals surface area (Å²) in [6.07, 6.45) is 0. The van der Waals surface area contributed by atoms with Crippen molar-refractivity contribution in [1.29, 1.82) is 0 Å². The number of benzene rings is 4. The largest absolute Gasteiger partial charge is 0.496 e. The van der Waals surface area contributed by atoms with Crippen LogP contribution in [0.15, 0.2) is 84.9 Å². The first kappa shape index (κ1) is 30.7. The third-order valence-electron chi connectivity index (χ3n) is 6.21. The predicted molar refractivity (Wildman–Crippen MR) is 160 cm³/mol. The second-order valence-corrected chi connectivity index (χ2v) is 9.42. The number of ether oxygens (including phenoxy) is 2. The van der Waals surface area contributed by atoms with E-state index < -0.39 is 9.85 Å². The van der Waals surface area contributed by atoms with Crippen molar-refractivity contribution in [3.8, 4) is 33.8 Å². The highest BCUT2D eigenvalue weighted by Gasteiger charge is 2.14. The van der Waals surface area contributed by atoms with E-state index in [-0.39, 0.29) is 11.4 Å². The van der Waals surface area contributed by atoms with Gasteiger partial charge in [-0.2, -0.15) is 0 Å². The van der Waals surface area contributed by atoms with Crippen LogP contribution in [-0.2, 0) is 13.1 Å². The molecule has 0 atom stereocenters. The molecule has 10 nitrogen and oxygen atoms in total. The van der Waals surface area contributed by atoms with Crippen molar-refractivity contribution < 1.29 is 19.3 Å². The zero-order valence-corrected chi connectivity index (χ0v) is 23.5. The zero-order valence-electron chi connectivity index (χ0n) is 23.5. The summed E-state index contributed by atoms with van der Waals surface area (Å²) < 4.78 is 10.6. The van der Waals surface area contributed by atoms with Gasteiger partial charge in [0.25, 0.3) is 11.4 Å². The molecule has 0 bridgehead atoms. The molecule has 0 heterocycles. The van der Waals surface area contributed by atoms with E-state index >= 15 is 0 Å². The first-order chi connectivity index (χ1) is 19.7. The molecule has 41 heavy (non-hydrogen) atoms. The van der Waals surface area contributed by atoms with Crippen molar-refractivity contribution in [3.63, 3.8) is 0 Å². The molecule has 10 heteroatoms. The molecular weight excluding hydrogens is 524 g/mol. The molecule has 0 saturated carbocycles.